The van der Waals surface area contributed by atoms with E-state index in [1.165, 1.54) is 0 Å². The standard InChI is InChI=1S/C15H20N2O3/c1-12(15-6-2-3-7-16-15)17-9-13(18)10-19-11-14-5-4-8-20-14/h2-8,12-13,17-18H,9-11H2,1H3/t12-,13?/m1/s1. The fourth-order valence-corrected chi connectivity index (χ4v) is 1.80. The molecule has 2 heterocycles. The van der Waals surface area contributed by atoms with Gasteiger partial charge in [-0.15, -0.1) is 0 Å². The summed E-state index contributed by atoms with van der Waals surface area (Å²) in [4.78, 5) is 4.26. The van der Waals surface area contributed by atoms with Gasteiger partial charge in [0, 0.05) is 18.8 Å². The van der Waals surface area contributed by atoms with Gasteiger partial charge in [0.2, 0.25) is 0 Å². The van der Waals surface area contributed by atoms with Crippen molar-refractivity contribution in [1.82, 2.24) is 10.3 Å². The second-order valence-electron chi connectivity index (χ2n) is 4.63. The molecule has 5 heteroatoms. The van der Waals surface area contributed by atoms with Gasteiger partial charge in [0.15, 0.2) is 0 Å². The molecule has 2 aromatic heterocycles. The lowest BCUT2D eigenvalue weighted by molar-refractivity contribution is 0.0217. The number of ether oxygens (including phenoxy) is 1. The number of pyridine rings is 1. The molecule has 2 N–H and O–H groups in total. The molecule has 0 bridgehead atoms. The van der Waals surface area contributed by atoms with E-state index < -0.39 is 6.10 Å². The average molecular weight is 276 g/mol. The van der Waals surface area contributed by atoms with Gasteiger partial charge in [-0.25, -0.2) is 0 Å². The third-order valence-electron chi connectivity index (χ3n) is 2.93. The second kappa shape index (κ2) is 7.79. The van der Waals surface area contributed by atoms with Crippen LogP contribution in [-0.2, 0) is 11.3 Å². The highest BCUT2D eigenvalue weighted by Gasteiger charge is 2.09. The Morgan fingerprint density at radius 1 is 1.35 bits per heavy atom. The average Bonchev–Trinajstić information content (AvgIpc) is 2.99. The van der Waals surface area contributed by atoms with Gasteiger partial charge < -0.3 is 19.6 Å². The zero-order valence-electron chi connectivity index (χ0n) is 11.5. The van der Waals surface area contributed by atoms with Crippen molar-refractivity contribution >= 4 is 0 Å². The summed E-state index contributed by atoms with van der Waals surface area (Å²) in [5, 5.41) is 13.1. The molecule has 1 unspecified atom stereocenters. The summed E-state index contributed by atoms with van der Waals surface area (Å²) in [6.45, 7) is 3.11. The van der Waals surface area contributed by atoms with Crippen LogP contribution in [0.4, 0.5) is 0 Å². The molecule has 2 atom stereocenters. The molecule has 0 aliphatic rings. The molecule has 0 aromatic carbocycles. The van der Waals surface area contributed by atoms with E-state index in [9.17, 15) is 5.11 Å². The van der Waals surface area contributed by atoms with Crippen molar-refractivity contribution in [3.8, 4) is 0 Å². The molecule has 2 aromatic rings. The number of rotatable bonds is 8. The van der Waals surface area contributed by atoms with Crippen molar-refractivity contribution in [2.24, 2.45) is 0 Å². The number of aliphatic hydroxyl groups excluding tert-OH is 1. The Kier molecular flexibility index (Phi) is 5.73. The van der Waals surface area contributed by atoms with E-state index in [4.69, 9.17) is 9.15 Å². The third kappa shape index (κ3) is 4.77. The van der Waals surface area contributed by atoms with Crippen LogP contribution >= 0.6 is 0 Å². The topological polar surface area (TPSA) is 67.5 Å². The zero-order chi connectivity index (χ0) is 14.2. The molecular formula is C15H20N2O3. The molecule has 0 saturated carbocycles. The van der Waals surface area contributed by atoms with Crippen LogP contribution in [0.3, 0.4) is 0 Å². The Labute approximate surface area is 118 Å². The molecule has 5 nitrogen and oxygen atoms in total. The van der Waals surface area contributed by atoms with Crippen LogP contribution in [-0.4, -0.2) is 29.3 Å². The Hall–Kier alpha value is -1.69. The molecule has 0 saturated heterocycles. The molecule has 20 heavy (non-hydrogen) atoms. The monoisotopic (exact) mass is 276 g/mol. The molecule has 0 aliphatic heterocycles. The maximum absolute atomic E-state index is 9.84. The van der Waals surface area contributed by atoms with Crippen LogP contribution in [0.15, 0.2) is 47.2 Å². The Morgan fingerprint density at radius 2 is 2.25 bits per heavy atom. The minimum absolute atomic E-state index is 0.0934. The second-order valence-corrected chi connectivity index (χ2v) is 4.63. The van der Waals surface area contributed by atoms with E-state index in [0.717, 1.165) is 11.5 Å². The van der Waals surface area contributed by atoms with Crippen LogP contribution in [0.2, 0.25) is 0 Å². The van der Waals surface area contributed by atoms with Gasteiger partial charge in [0.1, 0.15) is 12.4 Å². The van der Waals surface area contributed by atoms with E-state index in [2.05, 4.69) is 10.3 Å². The van der Waals surface area contributed by atoms with Gasteiger partial charge in [-0.05, 0) is 31.2 Å². The highest BCUT2D eigenvalue weighted by atomic mass is 16.5. The maximum atomic E-state index is 9.84. The van der Waals surface area contributed by atoms with E-state index in [-0.39, 0.29) is 12.6 Å². The van der Waals surface area contributed by atoms with Crippen molar-refractivity contribution in [2.75, 3.05) is 13.2 Å². The summed E-state index contributed by atoms with van der Waals surface area (Å²) < 4.78 is 10.5. The molecule has 0 aliphatic carbocycles. The Morgan fingerprint density at radius 3 is 2.95 bits per heavy atom. The van der Waals surface area contributed by atoms with Crippen molar-refractivity contribution in [2.45, 2.75) is 25.7 Å². The van der Waals surface area contributed by atoms with Crippen LogP contribution in [0, 0.1) is 0 Å². The number of aromatic nitrogens is 1. The quantitative estimate of drug-likeness (QED) is 0.771. The number of hydrogen-bond donors (Lipinski definition) is 2. The normalized spacial score (nSPS) is 14.1. The van der Waals surface area contributed by atoms with Gasteiger partial charge in [0.05, 0.1) is 24.7 Å². The van der Waals surface area contributed by atoms with Gasteiger partial charge >= 0.3 is 0 Å². The summed E-state index contributed by atoms with van der Waals surface area (Å²) in [7, 11) is 0. The highest BCUT2D eigenvalue weighted by molar-refractivity contribution is 5.07. The summed E-state index contributed by atoms with van der Waals surface area (Å²) >= 11 is 0. The Bertz CT molecular complexity index is 473. The fourth-order valence-electron chi connectivity index (χ4n) is 1.80. The number of nitrogens with one attached hydrogen (secondary N) is 1. The smallest absolute Gasteiger partial charge is 0.129 e. The van der Waals surface area contributed by atoms with Crippen LogP contribution in [0.25, 0.3) is 0 Å². The van der Waals surface area contributed by atoms with E-state index in [1.54, 1.807) is 12.5 Å². The van der Waals surface area contributed by atoms with E-state index in [0.29, 0.717) is 13.2 Å². The Balaban J connectivity index is 1.63. The number of hydrogen-bond acceptors (Lipinski definition) is 5. The van der Waals surface area contributed by atoms with Crippen LogP contribution in [0.5, 0.6) is 0 Å². The lowest BCUT2D eigenvalue weighted by Crippen LogP contribution is -2.32. The maximum Gasteiger partial charge on any atom is 0.129 e. The molecule has 0 radical (unpaired) electrons. The number of furan rings is 1. The predicted molar refractivity (Wildman–Crippen MR) is 75.0 cm³/mol. The summed E-state index contributed by atoms with van der Waals surface area (Å²) in [6, 6.07) is 9.53. The molecule has 2 rings (SSSR count). The molecule has 0 fully saturated rings. The largest absolute Gasteiger partial charge is 0.467 e. The number of nitrogens with zero attached hydrogens (tertiary/aromatic N) is 1. The first-order valence-corrected chi connectivity index (χ1v) is 6.68. The molecule has 0 spiro atoms. The van der Waals surface area contributed by atoms with Crippen LogP contribution in [0.1, 0.15) is 24.4 Å². The van der Waals surface area contributed by atoms with Crippen LogP contribution < -0.4 is 5.32 Å². The number of aliphatic hydroxyl groups is 1. The van der Waals surface area contributed by atoms with E-state index >= 15 is 0 Å². The fraction of sp³-hybridized carbons (Fsp3) is 0.400. The summed E-state index contributed by atoms with van der Waals surface area (Å²) in [5.74, 6) is 0.756. The highest BCUT2D eigenvalue weighted by Crippen LogP contribution is 2.07. The molecule has 0 amide bonds. The molecular weight excluding hydrogens is 256 g/mol. The zero-order valence-corrected chi connectivity index (χ0v) is 11.5. The minimum Gasteiger partial charge on any atom is -0.467 e. The van der Waals surface area contributed by atoms with Crippen molar-refractivity contribution in [1.29, 1.82) is 0 Å². The first-order valence-electron chi connectivity index (χ1n) is 6.68. The summed E-state index contributed by atoms with van der Waals surface area (Å²) in [5.41, 5.74) is 0.955. The first-order chi connectivity index (χ1) is 9.75. The van der Waals surface area contributed by atoms with Crippen molar-refractivity contribution in [3.63, 3.8) is 0 Å². The van der Waals surface area contributed by atoms with E-state index in [1.807, 2.05) is 37.3 Å². The van der Waals surface area contributed by atoms with Gasteiger partial charge in [-0.1, -0.05) is 6.07 Å². The predicted octanol–water partition coefficient (Wildman–Crippen LogP) is 1.90. The van der Waals surface area contributed by atoms with Gasteiger partial charge in [0.25, 0.3) is 0 Å². The van der Waals surface area contributed by atoms with Crippen molar-refractivity contribution in [3.05, 3.63) is 54.2 Å². The third-order valence-corrected chi connectivity index (χ3v) is 2.93. The van der Waals surface area contributed by atoms with Crippen molar-refractivity contribution < 1.29 is 14.3 Å². The SMILES string of the molecule is C[C@@H](NCC(O)COCc1ccco1)c1ccccn1. The minimum atomic E-state index is -0.559. The van der Waals surface area contributed by atoms with Gasteiger partial charge in [-0.3, -0.25) is 4.98 Å². The molecule has 108 valence electrons. The lowest BCUT2D eigenvalue weighted by atomic mass is 10.2. The van der Waals surface area contributed by atoms with Gasteiger partial charge in [-0.2, -0.15) is 0 Å². The first kappa shape index (κ1) is 14.7. The summed E-state index contributed by atoms with van der Waals surface area (Å²) in [6.07, 6.45) is 2.80. The lowest BCUT2D eigenvalue weighted by Gasteiger charge is -2.16.